The minimum absolute atomic E-state index is 0.107. The number of halogens is 3. The third-order valence-corrected chi connectivity index (χ3v) is 5.17. The Balaban J connectivity index is 1.78. The van der Waals surface area contributed by atoms with Crippen molar-refractivity contribution in [2.75, 3.05) is 17.2 Å². The van der Waals surface area contributed by atoms with Gasteiger partial charge in [0, 0.05) is 29.9 Å². The van der Waals surface area contributed by atoms with Gasteiger partial charge in [0.1, 0.15) is 11.9 Å². The molecule has 0 unspecified atom stereocenters. The second-order valence-corrected chi connectivity index (χ2v) is 7.86. The molecule has 3 rings (SSSR count). The summed E-state index contributed by atoms with van der Waals surface area (Å²) >= 11 is 0. The van der Waals surface area contributed by atoms with Crippen LogP contribution in [0.4, 0.5) is 24.5 Å². The summed E-state index contributed by atoms with van der Waals surface area (Å²) in [6, 6.07) is 8.34. The maximum absolute atomic E-state index is 13.4. The normalized spacial score (nSPS) is 15.2. The second kappa shape index (κ2) is 10.5. The number of anilines is 2. The molecule has 10 heteroatoms. The van der Waals surface area contributed by atoms with E-state index in [9.17, 15) is 22.8 Å². The highest BCUT2D eigenvalue weighted by atomic mass is 19.4. The molecule has 1 aliphatic heterocycles. The summed E-state index contributed by atoms with van der Waals surface area (Å²) in [5, 5.41) is 14.4. The second-order valence-electron chi connectivity index (χ2n) is 7.86. The van der Waals surface area contributed by atoms with Crippen molar-refractivity contribution in [1.82, 2.24) is 0 Å². The van der Waals surface area contributed by atoms with E-state index in [0.29, 0.717) is 30.1 Å². The predicted molar refractivity (Wildman–Crippen MR) is 120 cm³/mol. The number of amides is 1. The Morgan fingerprint density at radius 1 is 1.06 bits per heavy atom. The zero-order valence-corrected chi connectivity index (χ0v) is 17.8. The molecule has 0 radical (unpaired) electrons. The summed E-state index contributed by atoms with van der Waals surface area (Å²) in [4.78, 5) is 27.9. The van der Waals surface area contributed by atoms with Crippen molar-refractivity contribution in [2.24, 2.45) is 10.7 Å². The van der Waals surface area contributed by atoms with Crippen LogP contribution < -0.4 is 16.4 Å². The van der Waals surface area contributed by atoms with Gasteiger partial charge in [-0.15, -0.1) is 0 Å². The number of hydrogen-bond acceptors (Lipinski definition) is 5. The Morgan fingerprint density at radius 2 is 1.79 bits per heavy atom. The summed E-state index contributed by atoms with van der Waals surface area (Å²) < 4.78 is 40.3. The van der Waals surface area contributed by atoms with Gasteiger partial charge < -0.3 is 21.5 Å². The van der Waals surface area contributed by atoms with E-state index < -0.39 is 29.7 Å². The fraction of sp³-hybridized carbons (Fsp3) is 0.348. The lowest BCUT2D eigenvalue weighted by molar-refractivity contribution is -0.139. The van der Waals surface area contributed by atoms with Crippen LogP contribution in [-0.2, 0) is 17.4 Å². The van der Waals surface area contributed by atoms with Crippen molar-refractivity contribution in [1.29, 1.82) is 0 Å². The van der Waals surface area contributed by atoms with Gasteiger partial charge in [0.05, 0.1) is 5.56 Å². The molecule has 176 valence electrons. The lowest BCUT2D eigenvalue weighted by atomic mass is 10.1. The van der Waals surface area contributed by atoms with Crippen LogP contribution in [0.25, 0.3) is 0 Å². The van der Waals surface area contributed by atoms with Crippen LogP contribution in [0.1, 0.15) is 47.2 Å². The molecule has 1 heterocycles. The maximum Gasteiger partial charge on any atom is 0.416 e. The van der Waals surface area contributed by atoms with E-state index in [1.165, 1.54) is 18.2 Å². The molecule has 5 N–H and O–H groups in total. The van der Waals surface area contributed by atoms with Crippen molar-refractivity contribution < 1.29 is 27.9 Å². The highest BCUT2D eigenvalue weighted by molar-refractivity contribution is 6.06. The molecule has 2 aromatic rings. The van der Waals surface area contributed by atoms with Crippen LogP contribution >= 0.6 is 0 Å². The molecule has 0 saturated heterocycles. The number of carboxylic acids is 1. The van der Waals surface area contributed by atoms with E-state index in [-0.39, 0.29) is 17.7 Å². The van der Waals surface area contributed by atoms with Crippen LogP contribution in [0.2, 0.25) is 0 Å². The number of nitrogens with two attached hydrogens (primary N) is 1. The molecule has 1 aliphatic rings. The van der Waals surface area contributed by atoms with Gasteiger partial charge in [-0.25, -0.2) is 0 Å². The summed E-state index contributed by atoms with van der Waals surface area (Å²) in [6.45, 7) is 0.613. The topological polar surface area (TPSA) is 117 Å². The van der Waals surface area contributed by atoms with Gasteiger partial charge in [0.2, 0.25) is 0 Å². The van der Waals surface area contributed by atoms with Crippen LogP contribution in [0, 0.1) is 0 Å². The number of carboxylic acid groups (broad SMARTS) is 1. The van der Waals surface area contributed by atoms with E-state index in [0.717, 1.165) is 31.4 Å². The zero-order valence-electron chi connectivity index (χ0n) is 17.8. The first kappa shape index (κ1) is 24.2. The number of hydrogen-bond donors (Lipinski definition) is 4. The number of benzene rings is 2. The number of nitrogens with zero attached hydrogens (tertiary/aromatic N) is 1. The first-order valence-electron chi connectivity index (χ1n) is 10.5. The molecule has 2 aromatic carbocycles. The number of amidine groups is 1. The minimum atomic E-state index is -4.62. The number of aliphatic carboxylic acids is 1. The van der Waals surface area contributed by atoms with E-state index >= 15 is 0 Å². The summed E-state index contributed by atoms with van der Waals surface area (Å²) in [5.74, 6) is -1.23. The highest BCUT2D eigenvalue weighted by Crippen LogP contribution is 2.32. The molecule has 1 amide bonds. The molecule has 0 aromatic heterocycles. The van der Waals surface area contributed by atoms with Gasteiger partial charge >= 0.3 is 12.1 Å². The van der Waals surface area contributed by atoms with E-state index in [4.69, 9.17) is 10.8 Å². The van der Waals surface area contributed by atoms with Crippen LogP contribution in [-0.4, -0.2) is 35.4 Å². The number of nitrogens with one attached hydrogen (secondary N) is 2. The third-order valence-electron chi connectivity index (χ3n) is 5.17. The van der Waals surface area contributed by atoms with Crippen LogP contribution in [0.3, 0.4) is 0 Å². The average molecular weight is 462 g/mol. The first-order chi connectivity index (χ1) is 15.6. The number of aliphatic imine (C=N–C) groups is 1. The third kappa shape index (κ3) is 7.04. The molecule has 0 bridgehead atoms. The summed E-state index contributed by atoms with van der Waals surface area (Å²) in [5.41, 5.74) is 5.56. The fourth-order valence-corrected chi connectivity index (χ4v) is 3.41. The van der Waals surface area contributed by atoms with Crippen molar-refractivity contribution in [3.8, 4) is 0 Å². The monoisotopic (exact) mass is 462 g/mol. The Kier molecular flexibility index (Phi) is 7.70. The van der Waals surface area contributed by atoms with E-state index in [2.05, 4.69) is 15.6 Å². The van der Waals surface area contributed by atoms with Crippen molar-refractivity contribution in [3.63, 3.8) is 0 Å². The quantitative estimate of drug-likeness (QED) is 0.511. The largest absolute Gasteiger partial charge is 0.480 e. The Morgan fingerprint density at radius 3 is 2.45 bits per heavy atom. The molecule has 0 fully saturated rings. The average Bonchev–Trinajstić information content (AvgIpc) is 3.02. The van der Waals surface area contributed by atoms with Gasteiger partial charge in [-0.05, 0) is 55.2 Å². The Labute approximate surface area is 188 Å². The number of carbonyl (C=O) groups is 2. The molecule has 33 heavy (non-hydrogen) atoms. The zero-order chi connectivity index (χ0) is 24.0. The van der Waals surface area contributed by atoms with Crippen molar-refractivity contribution >= 4 is 29.1 Å². The SMILES string of the molecule is N[C@@H](Cc1ccc(NC(=O)c2cc(NC3=NCCCCC3)cc(C(F)(F)F)c2)cc1)C(=O)O. The highest BCUT2D eigenvalue weighted by Gasteiger charge is 2.32. The van der Waals surface area contributed by atoms with E-state index in [1.807, 2.05) is 0 Å². The van der Waals surface area contributed by atoms with Gasteiger partial charge in [-0.3, -0.25) is 14.6 Å². The Hall–Kier alpha value is -3.40. The molecule has 0 saturated carbocycles. The van der Waals surface area contributed by atoms with Crippen molar-refractivity contribution in [3.05, 3.63) is 59.2 Å². The fourth-order valence-electron chi connectivity index (χ4n) is 3.41. The number of alkyl halides is 3. The smallest absolute Gasteiger partial charge is 0.416 e. The van der Waals surface area contributed by atoms with Crippen LogP contribution in [0.5, 0.6) is 0 Å². The maximum atomic E-state index is 13.4. The van der Waals surface area contributed by atoms with Crippen LogP contribution in [0.15, 0.2) is 47.5 Å². The molecular formula is C23H25F3N4O3. The van der Waals surface area contributed by atoms with Gasteiger partial charge in [-0.2, -0.15) is 13.2 Å². The van der Waals surface area contributed by atoms with Gasteiger partial charge in [0.25, 0.3) is 5.91 Å². The Bertz CT molecular complexity index is 1040. The molecular weight excluding hydrogens is 437 g/mol. The summed E-state index contributed by atoms with van der Waals surface area (Å²) in [6.07, 6.45) is -1.05. The number of carbonyl (C=O) groups excluding carboxylic acids is 1. The standard InChI is InChI=1S/C23H25F3N4O3/c24-23(25,26)16-11-15(12-18(13-16)29-20-4-2-1-3-9-28-20)21(31)30-17-7-5-14(6-8-17)10-19(27)22(32)33/h5-8,11-13,19H,1-4,9-10,27H2,(H,28,29)(H,30,31)(H,32,33)/t19-/m0/s1. The lowest BCUT2D eigenvalue weighted by Gasteiger charge is -2.15. The van der Waals surface area contributed by atoms with Gasteiger partial charge in [-0.1, -0.05) is 18.6 Å². The van der Waals surface area contributed by atoms with Crippen molar-refractivity contribution in [2.45, 2.75) is 44.3 Å². The molecule has 0 aliphatic carbocycles. The lowest BCUT2D eigenvalue weighted by Crippen LogP contribution is -2.32. The minimum Gasteiger partial charge on any atom is -0.480 e. The molecule has 7 nitrogen and oxygen atoms in total. The first-order valence-corrected chi connectivity index (χ1v) is 10.5. The number of rotatable bonds is 6. The van der Waals surface area contributed by atoms with E-state index in [1.54, 1.807) is 12.1 Å². The predicted octanol–water partition coefficient (Wildman–Crippen LogP) is 4.30. The molecule has 0 spiro atoms. The van der Waals surface area contributed by atoms with Gasteiger partial charge in [0.15, 0.2) is 0 Å². The summed E-state index contributed by atoms with van der Waals surface area (Å²) in [7, 11) is 0. The molecule has 1 atom stereocenters.